The largest absolute Gasteiger partial charge is 0.476 e. The topological polar surface area (TPSA) is 136 Å². The molecule has 7 rings (SSSR count). The minimum absolute atomic E-state index is 0.0678. The maximum absolute atomic E-state index is 13.6. The van der Waals surface area contributed by atoms with E-state index in [1.165, 1.54) is 6.07 Å². The van der Waals surface area contributed by atoms with Gasteiger partial charge >= 0.3 is 5.97 Å². The number of aromatic carboxylic acids is 1. The fraction of sp³-hybridized carbons (Fsp3) is 0.385. The molecule has 10 nitrogen and oxygen atoms in total. The Morgan fingerprint density at radius 2 is 2.00 bits per heavy atom. The van der Waals surface area contributed by atoms with Gasteiger partial charge in [0.25, 0.3) is 5.56 Å². The maximum Gasteiger partial charge on any atom is 0.356 e. The van der Waals surface area contributed by atoms with Crippen molar-refractivity contribution in [2.45, 2.75) is 56.8 Å². The van der Waals surface area contributed by atoms with Crippen molar-refractivity contribution in [3.05, 3.63) is 74.1 Å². The molecule has 0 aliphatic heterocycles. The molecular formula is C26H25ClN6O4. The molecule has 37 heavy (non-hydrogen) atoms. The van der Waals surface area contributed by atoms with Crippen LogP contribution in [-0.4, -0.2) is 35.8 Å². The quantitative estimate of drug-likeness (QED) is 0.356. The van der Waals surface area contributed by atoms with Crippen LogP contribution in [0.15, 0.2) is 33.6 Å². The highest BCUT2D eigenvalue weighted by molar-refractivity contribution is 6.29. The highest BCUT2D eigenvalue weighted by Crippen LogP contribution is 2.73. The molecule has 190 valence electrons. The first-order chi connectivity index (χ1) is 18.7. The second-order valence-electron chi connectivity index (χ2n) is 10.3. The first-order valence-electron chi connectivity index (χ1n) is 13.3. The van der Waals surface area contributed by atoms with Crippen LogP contribution in [0.3, 0.4) is 0 Å². The molecule has 3 fully saturated rings. The number of aromatic nitrogens is 5. The molecule has 3 saturated carbocycles. The highest BCUT2D eigenvalue weighted by atomic mass is 35.5. The molecule has 0 spiro atoms. The van der Waals surface area contributed by atoms with Crippen LogP contribution < -0.4 is 10.9 Å². The summed E-state index contributed by atoms with van der Waals surface area (Å²) in [5.41, 5.74) is 1.29. The van der Waals surface area contributed by atoms with Crippen LogP contribution in [-0.2, 0) is 17.9 Å². The number of hydrogen-bond acceptors (Lipinski definition) is 8. The van der Waals surface area contributed by atoms with Gasteiger partial charge in [-0.05, 0) is 56.9 Å². The summed E-state index contributed by atoms with van der Waals surface area (Å²) in [5.74, 6) is -0.569. The average molecular weight is 524 g/mol. The third kappa shape index (κ3) is 3.46. The molecule has 3 heterocycles. The summed E-state index contributed by atoms with van der Waals surface area (Å²) in [7, 11) is 1.71. The summed E-state index contributed by atoms with van der Waals surface area (Å²) in [6, 6.07) is 6.37. The number of nitrogens with one attached hydrogen (secondary N) is 1. The second-order valence-corrected chi connectivity index (χ2v) is 10.7. The van der Waals surface area contributed by atoms with Crippen LogP contribution >= 0.6 is 11.6 Å². The minimum atomic E-state index is -2.47. The molecule has 2 bridgehead atoms. The van der Waals surface area contributed by atoms with Gasteiger partial charge in [0.15, 0.2) is 11.5 Å². The van der Waals surface area contributed by atoms with E-state index in [4.69, 9.17) is 25.2 Å². The molecule has 3 aliphatic rings. The Hall–Kier alpha value is -3.79. The van der Waals surface area contributed by atoms with Gasteiger partial charge in [-0.1, -0.05) is 22.8 Å². The van der Waals surface area contributed by atoms with Crippen LogP contribution in [0.2, 0.25) is 5.15 Å². The van der Waals surface area contributed by atoms with E-state index >= 15 is 0 Å². The number of carboxylic acids is 1. The number of carboxylic acid groups (broad SMARTS) is 1. The SMILES string of the molecule is [2H]C([2H])([2H])c1nc(C23CC(c4nc5c([C@@H](C)Nc6ccc(Cl)nc6C(=O)O)cc(C)cc5c(=O)n4C)(C2)C3)no1. The van der Waals surface area contributed by atoms with Crippen molar-refractivity contribution in [2.75, 3.05) is 5.32 Å². The number of nitrogens with zero attached hydrogens (tertiary/aromatic N) is 5. The average Bonchev–Trinajstić information content (AvgIpc) is 3.32. The predicted molar refractivity (Wildman–Crippen MR) is 136 cm³/mol. The van der Waals surface area contributed by atoms with Crippen molar-refractivity contribution < 1.29 is 18.5 Å². The number of halogens is 1. The summed E-state index contributed by atoms with van der Waals surface area (Å²) in [6.45, 7) is 1.28. The Morgan fingerprint density at radius 1 is 1.24 bits per heavy atom. The number of rotatable bonds is 6. The summed E-state index contributed by atoms with van der Waals surface area (Å²) >= 11 is 5.91. The van der Waals surface area contributed by atoms with Gasteiger partial charge in [-0.2, -0.15) is 4.98 Å². The third-order valence-corrected chi connectivity index (χ3v) is 7.87. The third-order valence-electron chi connectivity index (χ3n) is 7.66. The maximum atomic E-state index is 13.6. The van der Waals surface area contributed by atoms with Crippen LogP contribution in [0.1, 0.15) is 75.5 Å². The smallest absolute Gasteiger partial charge is 0.356 e. The molecule has 11 heteroatoms. The van der Waals surface area contributed by atoms with E-state index in [9.17, 15) is 14.7 Å². The van der Waals surface area contributed by atoms with Gasteiger partial charge in [0.1, 0.15) is 11.0 Å². The Balaban J connectivity index is 1.37. The molecule has 0 saturated heterocycles. The van der Waals surface area contributed by atoms with Crippen molar-refractivity contribution in [3.8, 4) is 0 Å². The standard InChI is InChI=1S/C26H25ClN6O4/c1-12-7-15(13(2)28-17-5-6-18(27)30-20(17)22(35)36)19-16(8-12)21(34)33(4)24(31-19)26-9-25(10-26,11-26)23-29-14(3)37-32-23/h5-8,13,28H,9-11H2,1-4H3,(H,35,36)/t13-,25?,26?/m1/s1/i3D3. The zero-order valence-electron chi connectivity index (χ0n) is 23.3. The van der Waals surface area contributed by atoms with Crippen LogP contribution in [0, 0.1) is 13.8 Å². The Morgan fingerprint density at radius 3 is 2.68 bits per heavy atom. The zero-order valence-corrected chi connectivity index (χ0v) is 21.0. The Kier molecular flexibility index (Phi) is 4.31. The molecule has 3 aliphatic carbocycles. The van der Waals surface area contributed by atoms with Crippen molar-refractivity contribution in [1.29, 1.82) is 0 Å². The number of aryl methyl sites for hydroxylation is 2. The van der Waals surface area contributed by atoms with Gasteiger partial charge in [-0.3, -0.25) is 9.36 Å². The lowest BCUT2D eigenvalue weighted by molar-refractivity contribution is -0.0846. The number of anilines is 1. The van der Waals surface area contributed by atoms with E-state index in [2.05, 4.69) is 20.4 Å². The van der Waals surface area contributed by atoms with Gasteiger partial charge < -0.3 is 14.9 Å². The lowest BCUT2D eigenvalue weighted by Gasteiger charge is -2.68. The minimum Gasteiger partial charge on any atom is -0.476 e. The highest BCUT2D eigenvalue weighted by Gasteiger charge is 2.72. The normalized spacial score (nSPS) is 24.4. The number of fused-ring (bicyclic) bond motifs is 1. The number of pyridine rings is 1. The first kappa shape index (κ1) is 20.3. The van der Waals surface area contributed by atoms with E-state index in [-0.39, 0.29) is 33.1 Å². The van der Waals surface area contributed by atoms with Crippen LogP contribution in [0.5, 0.6) is 0 Å². The second kappa shape index (κ2) is 7.85. The predicted octanol–water partition coefficient (Wildman–Crippen LogP) is 4.23. The summed E-state index contributed by atoms with van der Waals surface area (Å²) in [5, 5.41) is 17.3. The molecule has 1 atom stereocenters. The molecule has 0 radical (unpaired) electrons. The number of hydrogen-bond donors (Lipinski definition) is 2. The lowest BCUT2D eigenvalue weighted by Crippen LogP contribution is -2.69. The summed E-state index contributed by atoms with van der Waals surface area (Å²) in [4.78, 5) is 38.4. The number of benzene rings is 1. The van der Waals surface area contributed by atoms with Gasteiger partial charge in [-0.15, -0.1) is 0 Å². The van der Waals surface area contributed by atoms with Crippen molar-refractivity contribution in [2.24, 2.45) is 7.05 Å². The molecule has 0 unspecified atom stereocenters. The van der Waals surface area contributed by atoms with Gasteiger partial charge in [-0.25, -0.2) is 14.8 Å². The first-order valence-corrected chi connectivity index (χ1v) is 12.1. The summed E-state index contributed by atoms with van der Waals surface area (Å²) in [6.07, 6.45) is 1.87. The lowest BCUT2D eigenvalue weighted by atomic mass is 9.34. The Labute approximate surface area is 220 Å². The number of carbonyl (C=O) groups is 1. The summed E-state index contributed by atoms with van der Waals surface area (Å²) < 4.78 is 29.1. The zero-order chi connectivity index (χ0) is 28.8. The van der Waals surface area contributed by atoms with Crippen LogP contribution in [0.4, 0.5) is 5.69 Å². The van der Waals surface area contributed by atoms with Gasteiger partial charge in [0.05, 0.1) is 22.6 Å². The van der Waals surface area contributed by atoms with Crippen molar-refractivity contribution in [3.63, 3.8) is 0 Å². The van der Waals surface area contributed by atoms with E-state index < -0.39 is 18.9 Å². The molecular weight excluding hydrogens is 496 g/mol. The monoisotopic (exact) mass is 523 g/mol. The molecule has 0 amide bonds. The van der Waals surface area contributed by atoms with E-state index in [1.54, 1.807) is 23.7 Å². The molecule has 1 aromatic carbocycles. The van der Waals surface area contributed by atoms with Crippen molar-refractivity contribution in [1.82, 2.24) is 24.7 Å². The Bertz CT molecular complexity index is 1760. The van der Waals surface area contributed by atoms with Crippen LogP contribution in [0.25, 0.3) is 10.9 Å². The fourth-order valence-electron chi connectivity index (χ4n) is 6.08. The van der Waals surface area contributed by atoms with E-state index in [0.29, 0.717) is 47.5 Å². The molecule has 2 N–H and O–H groups in total. The molecule has 4 aromatic rings. The van der Waals surface area contributed by atoms with Gasteiger partial charge in [0, 0.05) is 34.4 Å². The van der Waals surface area contributed by atoms with E-state index in [0.717, 1.165) is 11.1 Å². The fourth-order valence-corrected chi connectivity index (χ4v) is 6.23. The van der Waals surface area contributed by atoms with Crippen molar-refractivity contribution >= 4 is 34.2 Å². The molecule has 3 aromatic heterocycles. The van der Waals surface area contributed by atoms with Gasteiger partial charge in [0.2, 0.25) is 5.89 Å². The van der Waals surface area contributed by atoms with E-state index in [1.807, 2.05) is 19.9 Å².